The summed E-state index contributed by atoms with van der Waals surface area (Å²) in [7, 11) is 0. The van der Waals surface area contributed by atoms with Gasteiger partial charge in [0.15, 0.2) is 0 Å². The summed E-state index contributed by atoms with van der Waals surface area (Å²) in [5, 5.41) is 1.96. The monoisotopic (exact) mass is 270 g/mol. The molecule has 3 heteroatoms. The van der Waals surface area contributed by atoms with Crippen molar-refractivity contribution in [3.63, 3.8) is 0 Å². The molecule has 0 unspecified atom stereocenters. The maximum Gasteiger partial charge on any atom is 0.0514 e. The minimum Gasteiger partial charge on any atom is -0.0843 e. The molecule has 0 fully saturated rings. The molecule has 16 heavy (non-hydrogen) atoms. The average Bonchev–Trinajstić information content (AvgIpc) is 2.23. The largest absolute Gasteiger partial charge is 0.0843 e. The second-order valence-corrected chi connectivity index (χ2v) is 4.78. The first-order valence-corrected chi connectivity index (χ1v) is 5.93. The summed E-state index contributed by atoms with van der Waals surface area (Å²) in [6.45, 7) is 1.97. The highest BCUT2D eigenvalue weighted by Crippen LogP contribution is 2.35. The Balaban J connectivity index is 2.63. The molecule has 82 valence electrons. The molecule has 2 aromatic carbocycles. The van der Waals surface area contributed by atoms with E-state index in [2.05, 4.69) is 0 Å². The molecular weight excluding hydrogens is 263 g/mol. The van der Waals surface area contributed by atoms with Gasteiger partial charge in [-0.3, -0.25) is 0 Å². The Labute approximate surface area is 110 Å². The topological polar surface area (TPSA) is 0 Å². The van der Waals surface area contributed by atoms with Gasteiger partial charge in [-0.25, -0.2) is 0 Å². The maximum absolute atomic E-state index is 6.25. The van der Waals surface area contributed by atoms with Crippen molar-refractivity contribution >= 4 is 34.8 Å². The summed E-state index contributed by atoms with van der Waals surface area (Å²) in [5.74, 6) is 0. The van der Waals surface area contributed by atoms with Crippen LogP contribution in [0.15, 0.2) is 36.4 Å². The van der Waals surface area contributed by atoms with Gasteiger partial charge < -0.3 is 0 Å². The van der Waals surface area contributed by atoms with Crippen LogP contribution in [0.2, 0.25) is 15.1 Å². The molecule has 0 spiro atoms. The van der Waals surface area contributed by atoms with Gasteiger partial charge in [-0.1, -0.05) is 59.1 Å². The minimum absolute atomic E-state index is 0.611. The molecule has 0 aliphatic heterocycles. The van der Waals surface area contributed by atoms with E-state index in [1.165, 1.54) is 0 Å². The normalized spacial score (nSPS) is 10.5. The third-order valence-corrected chi connectivity index (χ3v) is 3.46. The van der Waals surface area contributed by atoms with Gasteiger partial charge in [0.25, 0.3) is 0 Å². The Morgan fingerprint density at radius 2 is 1.62 bits per heavy atom. The highest BCUT2D eigenvalue weighted by molar-refractivity contribution is 6.38. The summed E-state index contributed by atoms with van der Waals surface area (Å²) >= 11 is 18.3. The minimum atomic E-state index is 0.611. The third-order valence-electron chi connectivity index (χ3n) is 2.41. The highest BCUT2D eigenvalue weighted by atomic mass is 35.5. The number of hydrogen-bond acceptors (Lipinski definition) is 0. The van der Waals surface area contributed by atoms with E-state index in [0.717, 1.165) is 21.7 Å². The van der Waals surface area contributed by atoms with Gasteiger partial charge in [0, 0.05) is 21.2 Å². The van der Waals surface area contributed by atoms with Crippen LogP contribution in [0.3, 0.4) is 0 Å². The lowest BCUT2D eigenvalue weighted by atomic mass is 10.0. The molecule has 0 amide bonds. The van der Waals surface area contributed by atoms with Gasteiger partial charge in [-0.05, 0) is 24.6 Å². The van der Waals surface area contributed by atoms with Crippen molar-refractivity contribution < 1.29 is 0 Å². The van der Waals surface area contributed by atoms with Crippen LogP contribution >= 0.6 is 34.8 Å². The summed E-state index contributed by atoms with van der Waals surface area (Å²) in [5.41, 5.74) is 2.87. The Hall–Kier alpha value is -0.690. The van der Waals surface area contributed by atoms with Gasteiger partial charge in [-0.2, -0.15) is 0 Å². The lowest BCUT2D eigenvalue weighted by Crippen LogP contribution is -1.84. The fraction of sp³-hybridized carbons (Fsp3) is 0.0769. The number of hydrogen-bond donors (Lipinski definition) is 0. The lowest BCUT2D eigenvalue weighted by molar-refractivity contribution is 1.46. The second kappa shape index (κ2) is 4.67. The third kappa shape index (κ3) is 2.20. The quantitative estimate of drug-likeness (QED) is 0.631. The molecule has 0 N–H and O–H groups in total. The van der Waals surface area contributed by atoms with E-state index in [4.69, 9.17) is 34.8 Å². The van der Waals surface area contributed by atoms with Crippen molar-refractivity contribution in [2.45, 2.75) is 6.92 Å². The van der Waals surface area contributed by atoms with Crippen LogP contribution in [-0.4, -0.2) is 0 Å². The second-order valence-electron chi connectivity index (χ2n) is 3.56. The van der Waals surface area contributed by atoms with E-state index in [1.54, 1.807) is 12.1 Å². The smallest absolute Gasteiger partial charge is 0.0514 e. The number of halogens is 3. The molecule has 0 aromatic heterocycles. The van der Waals surface area contributed by atoms with Crippen LogP contribution < -0.4 is 0 Å². The molecule has 0 nitrogen and oxygen atoms in total. The Morgan fingerprint density at radius 1 is 0.875 bits per heavy atom. The summed E-state index contributed by atoms with van der Waals surface area (Å²) in [6, 6.07) is 11.3. The zero-order valence-corrected chi connectivity index (χ0v) is 10.9. The van der Waals surface area contributed by atoms with E-state index in [1.807, 2.05) is 31.2 Å². The predicted molar refractivity (Wildman–Crippen MR) is 71.6 cm³/mol. The molecule has 0 aliphatic carbocycles. The molecule has 0 atom stereocenters. The van der Waals surface area contributed by atoms with Crippen molar-refractivity contribution in [3.05, 3.63) is 57.0 Å². The molecule has 0 bridgehead atoms. The molecule has 2 rings (SSSR count). The Bertz CT molecular complexity index is 533. The first-order chi connectivity index (χ1) is 7.59. The molecule has 0 aliphatic rings. The summed E-state index contributed by atoms with van der Waals surface area (Å²) in [6.07, 6.45) is 0. The van der Waals surface area contributed by atoms with Crippen LogP contribution in [0, 0.1) is 6.92 Å². The standard InChI is InChI=1S/C13H9Cl3/c1-8-3-2-4-11(13(8)16)10-6-5-9(14)7-12(10)15/h2-7H,1H3. The van der Waals surface area contributed by atoms with Gasteiger partial charge >= 0.3 is 0 Å². The van der Waals surface area contributed by atoms with E-state index in [-0.39, 0.29) is 0 Å². The SMILES string of the molecule is Cc1cccc(-c2ccc(Cl)cc2Cl)c1Cl. The maximum atomic E-state index is 6.25. The molecular formula is C13H9Cl3. The van der Waals surface area contributed by atoms with Crippen molar-refractivity contribution in [3.8, 4) is 11.1 Å². The molecule has 0 saturated carbocycles. The van der Waals surface area contributed by atoms with Crippen LogP contribution in [0.25, 0.3) is 11.1 Å². The van der Waals surface area contributed by atoms with Crippen molar-refractivity contribution in [1.82, 2.24) is 0 Å². The summed E-state index contributed by atoms with van der Waals surface area (Å²) in [4.78, 5) is 0. The number of benzene rings is 2. The zero-order chi connectivity index (χ0) is 11.7. The van der Waals surface area contributed by atoms with E-state index in [9.17, 15) is 0 Å². The van der Waals surface area contributed by atoms with E-state index >= 15 is 0 Å². The van der Waals surface area contributed by atoms with Crippen LogP contribution in [0.4, 0.5) is 0 Å². The van der Waals surface area contributed by atoms with Crippen LogP contribution in [0.1, 0.15) is 5.56 Å². The number of rotatable bonds is 1. The molecule has 0 radical (unpaired) electrons. The van der Waals surface area contributed by atoms with Gasteiger partial charge in [0.2, 0.25) is 0 Å². The van der Waals surface area contributed by atoms with E-state index < -0.39 is 0 Å². The van der Waals surface area contributed by atoms with Crippen molar-refractivity contribution in [1.29, 1.82) is 0 Å². The van der Waals surface area contributed by atoms with Gasteiger partial charge in [-0.15, -0.1) is 0 Å². The van der Waals surface area contributed by atoms with Crippen LogP contribution in [-0.2, 0) is 0 Å². The number of aryl methyl sites for hydroxylation is 1. The highest BCUT2D eigenvalue weighted by Gasteiger charge is 2.09. The van der Waals surface area contributed by atoms with E-state index in [0.29, 0.717) is 10.0 Å². The lowest BCUT2D eigenvalue weighted by Gasteiger charge is -2.09. The zero-order valence-electron chi connectivity index (χ0n) is 8.60. The molecule has 2 aromatic rings. The van der Waals surface area contributed by atoms with Gasteiger partial charge in [0.05, 0.1) is 5.02 Å². The fourth-order valence-electron chi connectivity index (χ4n) is 1.56. The molecule has 0 heterocycles. The first kappa shape index (κ1) is 11.8. The predicted octanol–water partition coefficient (Wildman–Crippen LogP) is 5.62. The van der Waals surface area contributed by atoms with Crippen LogP contribution in [0.5, 0.6) is 0 Å². The fourth-order valence-corrected chi connectivity index (χ4v) is 2.30. The Kier molecular flexibility index (Phi) is 3.44. The Morgan fingerprint density at radius 3 is 2.31 bits per heavy atom. The van der Waals surface area contributed by atoms with Crippen molar-refractivity contribution in [2.75, 3.05) is 0 Å². The molecule has 0 saturated heterocycles. The van der Waals surface area contributed by atoms with Gasteiger partial charge in [0.1, 0.15) is 0 Å². The average molecular weight is 272 g/mol. The van der Waals surface area contributed by atoms with Crippen molar-refractivity contribution in [2.24, 2.45) is 0 Å². The first-order valence-electron chi connectivity index (χ1n) is 4.80. The summed E-state index contributed by atoms with van der Waals surface area (Å²) < 4.78 is 0.